The molecule has 1 aliphatic rings. The zero-order valence-corrected chi connectivity index (χ0v) is 10.9. The minimum absolute atomic E-state index is 0.0551. The number of nitrogens with two attached hydrogens (primary N) is 1. The van der Waals surface area contributed by atoms with E-state index < -0.39 is 17.7 Å². The summed E-state index contributed by atoms with van der Waals surface area (Å²) in [5.41, 5.74) is 5.52. The Labute approximate surface area is 116 Å². The highest BCUT2D eigenvalue weighted by Crippen LogP contribution is 2.27. The van der Waals surface area contributed by atoms with Gasteiger partial charge in [-0.1, -0.05) is 0 Å². The number of amides is 1. The molecule has 0 unspecified atom stereocenters. The molecule has 0 saturated heterocycles. The zero-order valence-electron chi connectivity index (χ0n) is 10.9. The number of halogens is 1. The van der Waals surface area contributed by atoms with E-state index >= 15 is 0 Å². The van der Waals surface area contributed by atoms with Gasteiger partial charge in [0, 0.05) is 11.6 Å². The Hall–Kier alpha value is -2.11. The molecule has 0 aliphatic heterocycles. The zero-order chi connectivity index (χ0) is 14.7. The molecule has 1 fully saturated rings. The fraction of sp³-hybridized carbons (Fsp3) is 0.429. The summed E-state index contributed by atoms with van der Waals surface area (Å²) in [6.45, 7) is 0. The van der Waals surface area contributed by atoms with E-state index in [0.29, 0.717) is 31.4 Å². The standard InChI is InChI=1S/C14H17FN2O3/c15-11-7-9(13(16)18)3-6-12(11)17-10-4-1-8(2-5-10)14(19)20/h3,6-8,10,17H,1-2,4-5H2,(H2,16,18)(H,19,20). The molecule has 5 nitrogen and oxygen atoms in total. The molecule has 0 heterocycles. The van der Waals surface area contributed by atoms with Crippen LogP contribution in [0.5, 0.6) is 0 Å². The van der Waals surface area contributed by atoms with E-state index in [2.05, 4.69) is 5.32 Å². The number of hydrogen-bond acceptors (Lipinski definition) is 3. The van der Waals surface area contributed by atoms with Crippen LogP contribution >= 0.6 is 0 Å². The minimum Gasteiger partial charge on any atom is -0.481 e. The van der Waals surface area contributed by atoms with Crippen molar-refractivity contribution in [3.05, 3.63) is 29.6 Å². The van der Waals surface area contributed by atoms with Crippen molar-refractivity contribution >= 4 is 17.6 Å². The van der Waals surface area contributed by atoms with Crippen molar-refractivity contribution in [1.29, 1.82) is 0 Å². The summed E-state index contributed by atoms with van der Waals surface area (Å²) in [5.74, 6) is -2.25. The van der Waals surface area contributed by atoms with Crippen LogP contribution in [0.15, 0.2) is 18.2 Å². The van der Waals surface area contributed by atoms with Gasteiger partial charge in [-0.25, -0.2) is 4.39 Å². The number of carboxylic acids is 1. The Morgan fingerprint density at radius 3 is 2.40 bits per heavy atom. The number of primary amides is 1. The quantitative estimate of drug-likeness (QED) is 0.786. The molecule has 1 saturated carbocycles. The molecule has 0 radical (unpaired) electrons. The molecule has 6 heteroatoms. The van der Waals surface area contributed by atoms with Crippen LogP contribution in [0.3, 0.4) is 0 Å². The van der Waals surface area contributed by atoms with Crippen molar-refractivity contribution in [2.75, 3.05) is 5.32 Å². The predicted molar refractivity (Wildman–Crippen MR) is 71.9 cm³/mol. The van der Waals surface area contributed by atoms with E-state index in [1.54, 1.807) is 0 Å². The third-order valence-corrected chi connectivity index (χ3v) is 3.69. The van der Waals surface area contributed by atoms with Crippen LogP contribution in [0.4, 0.5) is 10.1 Å². The van der Waals surface area contributed by atoms with E-state index in [9.17, 15) is 14.0 Å². The van der Waals surface area contributed by atoms with Crippen LogP contribution in [-0.4, -0.2) is 23.0 Å². The molecule has 0 aromatic heterocycles. The second-order valence-corrected chi connectivity index (χ2v) is 5.09. The van der Waals surface area contributed by atoms with Gasteiger partial charge < -0.3 is 16.2 Å². The van der Waals surface area contributed by atoms with E-state index in [0.717, 1.165) is 6.07 Å². The van der Waals surface area contributed by atoms with Gasteiger partial charge in [-0.15, -0.1) is 0 Å². The Kier molecular flexibility index (Phi) is 4.22. The maximum atomic E-state index is 13.8. The summed E-state index contributed by atoms with van der Waals surface area (Å²) >= 11 is 0. The van der Waals surface area contributed by atoms with Crippen LogP contribution in [0.1, 0.15) is 36.0 Å². The van der Waals surface area contributed by atoms with Crippen LogP contribution in [-0.2, 0) is 4.79 Å². The van der Waals surface area contributed by atoms with E-state index in [1.807, 2.05) is 0 Å². The Balaban J connectivity index is 1.98. The summed E-state index contributed by atoms with van der Waals surface area (Å²) in [5, 5.41) is 12.0. The number of benzene rings is 1. The van der Waals surface area contributed by atoms with Gasteiger partial charge in [0.05, 0.1) is 11.6 Å². The summed E-state index contributed by atoms with van der Waals surface area (Å²) in [4.78, 5) is 21.8. The highest BCUT2D eigenvalue weighted by atomic mass is 19.1. The number of carbonyl (C=O) groups is 2. The number of carbonyl (C=O) groups excluding carboxylic acids is 1. The molecule has 4 N–H and O–H groups in total. The van der Waals surface area contributed by atoms with Crippen LogP contribution in [0, 0.1) is 11.7 Å². The number of rotatable bonds is 4. The van der Waals surface area contributed by atoms with Gasteiger partial charge in [-0.2, -0.15) is 0 Å². The van der Waals surface area contributed by atoms with Crippen molar-refractivity contribution in [1.82, 2.24) is 0 Å². The van der Waals surface area contributed by atoms with Gasteiger partial charge in [0.15, 0.2) is 0 Å². The monoisotopic (exact) mass is 280 g/mol. The molecule has 2 rings (SSSR count). The molecule has 20 heavy (non-hydrogen) atoms. The third kappa shape index (κ3) is 3.26. The Morgan fingerprint density at radius 1 is 1.25 bits per heavy atom. The first-order chi connectivity index (χ1) is 9.47. The minimum atomic E-state index is -0.763. The lowest BCUT2D eigenvalue weighted by molar-refractivity contribution is -0.142. The molecule has 0 spiro atoms. The smallest absolute Gasteiger partial charge is 0.306 e. The highest BCUT2D eigenvalue weighted by molar-refractivity contribution is 5.93. The van der Waals surface area contributed by atoms with E-state index in [1.165, 1.54) is 12.1 Å². The van der Waals surface area contributed by atoms with E-state index in [4.69, 9.17) is 10.8 Å². The number of nitrogens with one attached hydrogen (secondary N) is 1. The van der Waals surface area contributed by atoms with Crippen molar-refractivity contribution in [3.63, 3.8) is 0 Å². The number of anilines is 1. The maximum Gasteiger partial charge on any atom is 0.306 e. The molecular weight excluding hydrogens is 263 g/mol. The van der Waals surface area contributed by atoms with E-state index in [-0.39, 0.29) is 17.5 Å². The SMILES string of the molecule is NC(=O)c1ccc(NC2CCC(C(=O)O)CC2)c(F)c1. The summed E-state index contributed by atoms with van der Waals surface area (Å²) in [6.07, 6.45) is 2.56. The van der Waals surface area contributed by atoms with Gasteiger partial charge in [0.2, 0.25) is 5.91 Å². The summed E-state index contributed by atoms with van der Waals surface area (Å²) in [7, 11) is 0. The van der Waals surface area contributed by atoms with Gasteiger partial charge in [0.1, 0.15) is 5.82 Å². The fourth-order valence-electron chi connectivity index (χ4n) is 2.49. The third-order valence-electron chi connectivity index (χ3n) is 3.69. The molecule has 1 aromatic rings. The first kappa shape index (κ1) is 14.3. The molecule has 1 aromatic carbocycles. The lowest BCUT2D eigenvalue weighted by Crippen LogP contribution is -2.29. The van der Waals surface area contributed by atoms with Gasteiger partial charge in [0.25, 0.3) is 0 Å². The lowest BCUT2D eigenvalue weighted by atomic mass is 9.86. The van der Waals surface area contributed by atoms with Gasteiger partial charge in [-0.3, -0.25) is 9.59 Å². The second kappa shape index (κ2) is 5.90. The molecule has 0 atom stereocenters. The average molecular weight is 280 g/mol. The summed E-state index contributed by atoms with van der Waals surface area (Å²) < 4.78 is 13.8. The number of hydrogen-bond donors (Lipinski definition) is 3. The largest absolute Gasteiger partial charge is 0.481 e. The predicted octanol–water partition coefficient (Wildman–Crippen LogP) is 1.98. The molecule has 108 valence electrons. The molecule has 0 bridgehead atoms. The summed E-state index contributed by atoms with van der Waals surface area (Å²) in [6, 6.07) is 4.11. The number of aliphatic carboxylic acids is 1. The van der Waals surface area contributed by atoms with Crippen LogP contribution < -0.4 is 11.1 Å². The molecular formula is C14H17FN2O3. The van der Waals surface area contributed by atoms with Crippen LogP contribution in [0.25, 0.3) is 0 Å². The lowest BCUT2D eigenvalue weighted by Gasteiger charge is -2.27. The Morgan fingerprint density at radius 2 is 1.90 bits per heavy atom. The van der Waals surface area contributed by atoms with Gasteiger partial charge in [-0.05, 0) is 43.9 Å². The van der Waals surface area contributed by atoms with Crippen molar-refractivity contribution < 1.29 is 19.1 Å². The average Bonchev–Trinajstić information content (AvgIpc) is 2.41. The highest BCUT2D eigenvalue weighted by Gasteiger charge is 2.26. The van der Waals surface area contributed by atoms with Crippen molar-refractivity contribution in [2.24, 2.45) is 11.7 Å². The molecule has 1 amide bonds. The van der Waals surface area contributed by atoms with Crippen LogP contribution in [0.2, 0.25) is 0 Å². The number of carboxylic acid groups (broad SMARTS) is 1. The fourth-order valence-corrected chi connectivity index (χ4v) is 2.49. The first-order valence-corrected chi connectivity index (χ1v) is 6.56. The maximum absolute atomic E-state index is 13.8. The van der Waals surface area contributed by atoms with Crippen molar-refractivity contribution in [2.45, 2.75) is 31.7 Å². The normalized spacial score (nSPS) is 22.2. The first-order valence-electron chi connectivity index (χ1n) is 6.56. The van der Waals surface area contributed by atoms with Crippen molar-refractivity contribution in [3.8, 4) is 0 Å². The van der Waals surface area contributed by atoms with Gasteiger partial charge >= 0.3 is 5.97 Å². The Bertz CT molecular complexity index is 525. The second-order valence-electron chi connectivity index (χ2n) is 5.09. The topological polar surface area (TPSA) is 92.4 Å². The molecule has 1 aliphatic carbocycles.